The third-order valence-electron chi connectivity index (χ3n) is 4.02. The zero-order chi connectivity index (χ0) is 13.0. The number of ketones is 1. The van der Waals surface area contributed by atoms with Gasteiger partial charge in [-0.25, -0.2) is 0 Å². The predicted molar refractivity (Wildman–Crippen MR) is 72.1 cm³/mol. The summed E-state index contributed by atoms with van der Waals surface area (Å²) in [6.45, 7) is 3.63. The Morgan fingerprint density at radius 1 is 1.33 bits per heavy atom. The number of allylic oxidation sites excluding steroid dienone is 1. The molecule has 1 aromatic rings. The van der Waals surface area contributed by atoms with Crippen molar-refractivity contribution in [1.82, 2.24) is 0 Å². The fraction of sp³-hybridized carbons (Fsp3) is 0.438. The average molecular weight is 244 g/mol. The van der Waals surface area contributed by atoms with Crippen LogP contribution < -0.4 is 0 Å². The molecular weight excluding hydrogens is 224 g/mol. The predicted octanol–water partition coefficient (Wildman–Crippen LogP) is 3.43. The van der Waals surface area contributed by atoms with Gasteiger partial charge in [-0.2, -0.15) is 0 Å². The van der Waals surface area contributed by atoms with E-state index in [0.29, 0.717) is 6.42 Å². The van der Waals surface area contributed by atoms with Crippen molar-refractivity contribution in [2.24, 2.45) is 5.41 Å². The van der Waals surface area contributed by atoms with Crippen LogP contribution in [0, 0.1) is 5.41 Å². The Bertz CT molecular complexity index is 416. The minimum Gasteiger partial charge on any atom is -0.387 e. The Hall–Kier alpha value is -1.41. The summed E-state index contributed by atoms with van der Waals surface area (Å²) in [6.07, 6.45) is 4.92. The first-order valence-corrected chi connectivity index (χ1v) is 6.58. The van der Waals surface area contributed by atoms with E-state index < -0.39 is 11.5 Å². The number of rotatable bonds is 5. The van der Waals surface area contributed by atoms with Gasteiger partial charge in [0.05, 0.1) is 11.5 Å². The summed E-state index contributed by atoms with van der Waals surface area (Å²) in [6, 6.07) is 9.51. The smallest absolute Gasteiger partial charge is 0.145 e. The van der Waals surface area contributed by atoms with Crippen LogP contribution in [-0.4, -0.2) is 10.9 Å². The lowest BCUT2D eigenvalue weighted by Gasteiger charge is -2.32. The first-order chi connectivity index (χ1) is 8.70. The summed E-state index contributed by atoms with van der Waals surface area (Å²) in [5.74, 6) is 0.131. The van der Waals surface area contributed by atoms with E-state index in [1.807, 2.05) is 30.3 Å². The second-order valence-corrected chi connectivity index (χ2v) is 5.09. The van der Waals surface area contributed by atoms with Crippen molar-refractivity contribution in [2.45, 2.75) is 38.2 Å². The Kier molecular flexibility index (Phi) is 3.97. The monoisotopic (exact) mass is 244 g/mol. The van der Waals surface area contributed by atoms with Crippen LogP contribution >= 0.6 is 0 Å². The summed E-state index contributed by atoms with van der Waals surface area (Å²) in [5.41, 5.74) is 0.257. The third-order valence-corrected chi connectivity index (χ3v) is 4.02. The van der Waals surface area contributed by atoms with Crippen LogP contribution in [0.3, 0.4) is 0 Å². The molecule has 0 radical (unpaired) electrons. The minimum absolute atomic E-state index is 0.131. The number of aliphatic hydroxyl groups is 1. The van der Waals surface area contributed by atoms with E-state index >= 15 is 0 Å². The summed E-state index contributed by atoms with van der Waals surface area (Å²) < 4.78 is 0. The molecule has 1 atom stereocenters. The molecule has 1 unspecified atom stereocenters. The standard InChI is InChI=1S/C16H20O2/c1-2-8-14(17)16(11-6-7-12-16)15(18)13-9-4-3-5-10-13/h2-5,9-10,15,18H,1,6-8,11-12H2. The van der Waals surface area contributed by atoms with E-state index in [1.54, 1.807) is 6.08 Å². The van der Waals surface area contributed by atoms with Crippen LogP contribution in [0.5, 0.6) is 0 Å². The van der Waals surface area contributed by atoms with Gasteiger partial charge in [-0.3, -0.25) is 4.79 Å². The van der Waals surface area contributed by atoms with Crippen LogP contribution in [0.2, 0.25) is 0 Å². The molecule has 1 fully saturated rings. The normalized spacial score (nSPS) is 19.4. The van der Waals surface area contributed by atoms with Crippen LogP contribution in [0.1, 0.15) is 43.8 Å². The first kappa shape index (κ1) is 13.0. The molecule has 2 nitrogen and oxygen atoms in total. The molecule has 0 spiro atoms. The number of aliphatic hydroxyl groups excluding tert-OH is 1. The molecular formula is C16H20O2. The summed E-state index contributed by atoms with van der Waals surface area (Å²) in [4.78, 5) is 12.4. The van der Waals surface area contributed by atoms with Crippen molar-refractivity contribution in [3.05, 3.63) is 48.6 Å². The number of benzene rings is 1. The molecule has 1 aromatic carbocycles. The molecule has 0 saturated heterocycles. The minimum atomic E-state index is -0.686. The maximum atomic E-state index is 12.4. The van der Waals surface area contributed by atoms with E-state index in [0.717, 1.165) is 31.2 Å². The highest BCUT2D eigenvalue weighted by Crippen LogP contribution is 2.48. The lowest BCUT2D eigenvalue weighted by molar-refractivity contribution is -0.135. The Morgan fingerprint density at radius 3 is 2.50 bits per heavy atom. The van der Waals surface area contributed by atoms with Crippen LogP contribution in [0.25, 0.3) is 0 Å². The Balaban J connectivity index is 2.30. The lowest BCUT2D eigenvalue weighted by atomic mass is 9.73. The zero-order valence-electron chi connectivity index (χ0n) is 10.6. The lowest BCUT2D eigenvalue weighted by Crippen LogP contribution is -2.34. The van der Waals surface area contributed by atoms with Gasteiger partial charge in [0.2, 0.25) is 0 Å². The molecule has 0 amide bonds. The molecule has 0 bridgehead atoms. The summed E-state index contributed by atoms with van der Waals surface area (Å²) >= 11 is 0. The molecule has 18 heavy (non-hydrogen) atoms. The van der Waals surface area contributed by atoms with Gasteiger partial charge in [0.1, 0.15) is 5.78 Å². The van der Waals surface area contributed by atoms with Crippen molar-refractivity contribution in [1.29, 1.82) is 0 Å². The maximum absolute atomic E-state index is 12.4. The number of hydrogen-bond donors (Lipinski definition) is 1. The van der Waals surface area contributed by atoms with E-state index in [-0.39, 0.29) is 5.78 Å². The van der Waals surface area contributed by atoms with Gasteiger partial charge in [0.15, 0.2) is 0 Å². The Morgan fingerprint density at radius 2 is 1.94 bits per heavy atom. The molecule has 1 aliphatic carbocycles. The molecule has 1 N–H and O–H groups in total. The van der Waals surface area contributed by atoms with Crippen molar-refractivity contribution in [2.75, 3.05) is 0 Å². The average Bonchev–Trinajstić information content (AvgIpc) is 2.90. The second kappa shape index (κ2) is 5.49. The highest BCUT2D eigenvalue weighted by molar-refractivity contribution is 5.87. The molecule has 2 rings (SSSR count). The number of carbonyl (C=O) groups is 1. The van der Waals surface area contributed by atoms with Crippen LogP contribution in [0.4, 0.5) is 0 Å². The third kappa shape index (κ3) is 2.25. The SMILES string of the molecule is C=CCC(=O)C1(C(O)c2ccccc2)CCCC1. The van der Waals surface area contributed by atoms with Gasteiger partial charge in [-0.05, 0) is 18.4 Å². The highest BCUT2D eigenvalue weighted by atomic mass is 16.3. The van der Waals surface area contributed by atoms with Crippen LogP contribution in [0.15, 0.2) is 43.0 Å². The quantitative estimate of drug-likeness (QED) is 0.806. The van der Waals surface area contributed by atoms with Gasteiger partial charge in [0, 0.05) is 6.42 Å². The molecule has 1 saturated carbocycles. The van der Waals surface area contributed by atoms with E-state index in [2.05, 4.69) is 6.58 Å². The van der Waals surface area contributed by atoms with E-state index in [1.165, 1.54) is 0 Å². The summed E-state index contributed by atoms with van der Waals surface area (Å²) in [5, 5.41) is 10.6. The topological polar surface area (TPSA) is 37.3 Å². The molecule has 96 valence electrons. The van der Waals surface area contributed by atoms with E-state index in [9.17, 15) is 9.90 Å². The summed E-state index contributed by atoms with van der Waals surface area (Å²) in [7, 11) is 0. The van der Waals surface area contributed by atoms with Crippen molar-refractivity contribution in [3.63, 3.8) is 0 Å². The first-order valence-electron chi connectivity index (χ1n) is 6.58. The van der Waals surface area contributed by atoms with Crippen molar-refractivity contribution < 1.29 is 9.90 Å². The zero-order valence-corrected chi connectivity index (χ0v) is 10.6. The Labute approximate surface area is 108 Å². The second-order valence-electron chi connectivity index (χ2n) is 5.09. The van der Waals surface area contributed by atoms with Gasteiger partial charge in [0.25, 0.3) is 0 Å². The molecule has 0 aliphatic heterocycles. The van der Waals surface area contributed by atoms with Gasteiger partial charge in [-0.1, -0.05) is 49.2 Å². The van der Waals surface area contributed by atoms with Crippen molar-refractivity contribution in [3.8, 4) is 0 Å². The highest BCUT2D eigenvalue weighted by Gasteiger charge is 2.46. The number of hydrogen-bond acceptors (Lipinski definition) is 2. The molecule has 1 aliphatic rings. The number of carbonyl (C=O) groups excluding carboxylic acids is 1. The maximum Gasteiger partial charge on any atom is 0.145 e. The van der Waals surface area contributed by atoms with Gasteiger partial charge < -0.3 is 5.11 Å². The number of Topliss-reactive ketones (excluding diaryl/α,β-unsaturated/α-hetero) is 1. The molecule has 2 heteroatoms. The van der Waals surface area contributed by atoms with Gasteiger partial charge in [-0.15, -0.1) is 6.58 Å². The largest absolute Gasteiger partial charge is 0.387 e. The van der Waals surface area contributed by atoms with E-state index in [4.69, 9.17) is 0 Å². The molecule has 0 aromatic heterocycles. The van der Waals surface area contributed by atoms with Crippen molar-refractivity contribution >= 4 is 5.78 Å². The van der Waals surface area contributed by atoms with Crippen LogP contribution in [-0.2, 0) is 4.79 Å². The fourth-order valence-corrected chi connectivity index (χ4v) is 3.00. The fourth-order valence-electron chi connectivity index (χ4n) is 3.00. The van der Waals surface area contributed by atoms with Gasteiger partial charge >= 0.3 is 0 Å². The molecule has 0 heterocycles.